The number of phenols is 1. The van der Waals surface area contributed by atoms with Crippen molar-refractivity contribution in [2.24, 2.45) is 15.3 Å². The number of amidine groups is 1. The topological polar surface area (TPSA) is 195 Å². The van der Waals surface area contributed by atoms with Crippen LogP contribution in [0.2, 0.25) is 5.02 Å². The SMILES string of the molecule is CCCCCCCCCCCCCCCCS(=O)(=O)c1ccc(N2N=C(NC(=O)c3ccccc3S(=O)(=O)O)[C@@H](N=Nc3ccc(O)cc3Cl)C2=O)cc1. The Morgan fingerprint density at radius 3 is 1.98 bits per heavy atom. The fourth-order valence-electron chi connectivity index (χ4n) is 5.99. The van der Waals surface area contributed by atoms with E-state index in [1.165, 1.54) is 112 Å². The van der Waals surface area contributed by atoms with Crippen LogP contribution in [-0.4, -0.2) is 55.9 Å². The number of sulfone groups is 1. The van der Waals surface area contributed by atoms with Gasteiger partial charge in [-0.25, -0.2) is 8.42 Å². The molecule has 3 aromatic carbocycles. The van der Waals surface area contributed by atoms with Crippen LogP contribution in [0.15, 0.2) is 91.9 Å². The number of hydrazone groups is 1. The number of amides is 2. The van der Waals surface area contributed by atoms with Crippen molar-refractivity contribution >= 4 is 60.6 Å². The molecule has 292 valence electrons. The Kier molecular flexibility index (Phi) is 16.1. The molecule has 3 N–H and O–H groups in total. The second kappa shape index (κ2) is 20.5. The van der Waals surface area contributed by atoms with Gasteiger partial charge >= 0.3 is 0 Å². The largest absolute Gasteiger partial charge is 0.508 e. The third kappa shape index (κ3) is 12.4. The molecule has 1 atom stereocenters. The van der Waals surface area contributed by atoms with Crippen LogP contribution in [-0.2, 0) is 24.7 Å². The number of benzene rings is 3. The first kappa shape index (κ1) is 42.6. The summed E-state index contributed by atoms with van der Waals surface area (Å²) in [6, 6.07) is 12.8. The summed E-state index contributed by atoms with van der Waals surface area (Å²) in [6.07, 6.45) is 16.3. The van der Waals surface area contributed by atoms with E-state index in [2.05, 4.69) is 27.6 Å². The van der Waals surface area contributed by atoms with E-state index < -0.39 is 48.3 Å². The number of rotatable bonds is 21. The van der Waals surface area contributed by atoms with E-state index in [-0.39, 0.29) is 38.6 Å². The number of nitrogens with zero attached hydrogens (tertiary/aromatic N) is 4. The van der Waals surface area contributed by atoms with Gasteiger partial charge < -0.3 is 10.4 Å². The highest BCUT2D eigenvalue weighted by molar-refractivity contribution is 7.91. The first-order valence-corrected chi connectivity index (χ1v) is 21.8. The summed E-state index contributed by atoms with van der Waals surface area (Å²) < 4.78 is 59.7. The standard InChI is InChI=1S/C38H48ClN5O8S2/c1-2-3-4-5-6-7-8-9-10-11-12-13-14-17-26-53(48,49)30-23-20-28(21-24-30)44-38(47)35(42-41-33-25-22-29(45)27-32(33)39)36(43-44)40-37(46)31-18-15-16-19-34(31)54(50,51)52/h15-16,18-25,27,35,45H,2-14,17,26H2,1H3,(H,40,43,46)(H,50,51,52)/t35-/m1/s1. The van der Waals surface area contributed by atoms with Gasteiger partial charge in [0.25, 0.3) is 21.9 Å². The van der Waals surface area contributed by atoms with Gasteiger partial charge in [-0.3, -0.25) is 14.1 Å². The van der Waals surface area contributed by atoms with Gasteiger partial charge in [0.05, 0.1) is 26.9 Å². The van der Waals surface area contributed by atoms with Crippen LogP contribution in [0.5, 0.6) is 5.75 Å². The number of unbranched alkanes of at least 4 members (excludes halogenated alkanes) is 13. The minimum absolute atomic E-state index is 0.00529. The Morgan fingerprint density at radius 2 is 1.41 bits per heavy atom. The molecule has 0 radical (unpaired) electrons. The second-order valence-corrected chi connectivity index (χ2v) is 17.1. The van der Waals surface area contributed by atoms with E-state index in [9.17, 15) is 36.1 Å². The minimum atomic E-state index is -4.78. The van der Waals surface area contributed by atoms with E-state index in [0.717, 1.165) is 42.8 Å². The summed E-state index contributed by atoms with van der Waals surface area (Å²) in [5.74, 6) is -2.24. The summed E-state index contributed by atoms with van der Waals surface area (Å²) in [5.41, 5.74) is -0.156. The Labute approximate surface area is 322 Å². The lowest BCUT2D eigenvalue weighted by Crippen LogP contribution is -2.39. The lowest BCUT2D eigenvalue weighted by molar-refractivity contribution is -0.117. The maximum atomic E-state index is 13.6. The zero-order valence-corrected chi connectivity index (χ0v) is 32.8. The lowest BCUT2D eigenvalue weighted by Gasteiger charge is -2.13. The number of hydrogen-bond acceptors (Lipinski definition) is 10. The van der Waals surface area contributed by atoms with E-state index >= 15 is 0 Å². The van der Waals surface area contributed by atoms with Gasteiger partial charge in [0.1, 0.15) is 16.3 Å². The van der Waals surface area contributed by atoms with Gasteiger partial charge in [0.15, 0.2) is 15.7 Å². The summed E-state index contributed by atoms with van der Waals surface area (Å²) in [6.45, 7) is 2.23. The van der Waals surface area contributed by atoms with Gasteiger partial charge in [-0.2, -0.15) is 23.7 Å². The molecule has 4 rings (SSSR count). The molecule has 54 heavy (non-hydrogen) atoms. The van der Waals surface area contributed by atoms with Crippen LogP contribution < -0.4 is 10.3 Å². The Morgan fingerprint density at radius 1 is 0.833 bits per heavy atom. The number of carbonyl (C=O) groups excluding carboxylic acids is 2. The highest BCUT2D eigenvalue weighted by Gasteiger charge is 2.39. The van der Waals surface area contributed by atoms with E-state index in [0.29, 0.717) is 6.42 Å². The molecule has 0 aromatic heterocycles. The fraction of sp³-hybridized carbons (Fsp3) is 0.447. The van der Waals surface area contributed by atoms with E-state index in [1.54, 1.807) is 0 Å². The fourth-order valence-corrected chi connectivity index (χ4v) is 8.26. The normalized spacial score (nSPS) is 14.9. The predicted molar refractivity (Wildman–Crippen MR) is 209 cm³/mol. The first-order valence-electron chi connectivity index (χ1n) is 18.3. The number of hydrogen-bond donors (Lipinski definition) is 3. The van der Waals surface area contributed by atoms with Crippen LogP contribution in [0.4, 0.5) is 11.4 Å². The van der Waals surface area contributed by atoms with Crippen LogP contribution in [0.25, 0.3) is 0 Å². The molecule has 3 aromatic rings. The maximum absolute atomic E-state index is 13.6. The molecule has 1 aliphatic heterocycles. The number of carbonyl (C=O) groups is 2. The zero-order chi connectivity index (χ0) is 39.1. The maximum Gasteiger partial charge on any atom is 0.295 e. The molecule has 0 unspecified atom stereocenters. The Hall–Kier alpha value is -4.18. The van der Waals surface area contributed by atoms with Gasteiger partial charge in [-0.15, -0.1) is 5.10 Å². The summed E-state index contributed by atoms with van der Waals surface area (Å²) >= 11 is 6.14. The molecule has 0 aliphatic carbocycles. The Balaban J connectivity index is 1.38. The number of nitrogens with one attached hydrogen (secondary N) is 1. The lowest BCUT2D eigenvalue weighted by atomic mass is 10.0. The molecule has 16 heteroatoms. The molecule has 0 fully saturated rings. The summed E-state index contributed by atoms with van der Waals surface area (Å²) in [5, 5.41) is 25.3. The van der Waals surface area contributed by atoms with Crippen molar-refractivity contribution in [3.8, 4) is 5.75 Å². The monoisotopic (exact) mass is 801 g/mol. The van der Waals surface area contributed by atoms with Crippen LogP contribution >= 0.6 is 11.6 Å². The number of anilines is 1. The molecule has 0 spiro atoms. The van der Waals surface area contributed by atoms with Crippen LogP contribution in [0.3, 0.4) is 0 Å². The third-order valence-electron chi connectivity index (χ3n) is 8.98. The number of phenolic OH excluding ortho intramolecular Hbond substituents is 1. The van der Waals surface area contributed by atoms with Crippen molar-refractivity contribution in [3.63, 3.8) is 0 Å². The van der Waals surface area contributed by atoms with Crippen molar-refractivity contribution in [3.05, 3.63) is 77.3 Å². The van der Waals surface area contributed by atoms with Crippen LogP contribution in [0.1, 0.15) is 107 Å². The van der Waals surface area contributed by atoms with Crippen molar-refractivity contribution in [2.45, 2.75) is 113 Å². The smallest absolute Gasteiger partial charge is 0.295 e. The van der Waals surface area contributed by atoms with Gasteiger partial charge in [0.2, 0.25) is 6.04 Å². The van der Waals surface area contributed by atoms with Crippen molar-refractivity contribution in [1.82, 2.24) is 5.32 Å². The van der Waals surface area contributed by atoms with Crippen molar-refractivity contribution in [2.75, 3.05) is 10.8 Å². The second-order valence-electron chi connectivity index (χ2n) is 13.2. The molecule has 13 nitrogen and oxygen atoms in total. The zero-order valence-electron chi connectivity index (χ0n) is 30.4. The molecular weight excluding hydrogens is 754 g/mol. The van der Waals surface area contributed by atoms with Crippen molar-refractivity contribution < 1.29 is 36.1 Å². The van der Waals surface area contributed by atoms with E-state index in [4.69, 9.17) is 11.6 Å². The van der Waals surface area contributed by atoms with Crippen molar-refractivity contribution in [1.29, 1.82) is 0 Å². The predicted octanol–water partition coefficient (Wildman–Crippen LogP) is 8.79. The third-order valence-corrected chi connectivity index (χ3v) is 12.0. The molecular formula is C38H48ClN5O8S2. The molecule has 1 heterocycles. The molecule has 0 bridgehead atoms. The van der Waals surface area contributed by atoms with Crippen LogP contribution in [0, 0.1) is 0 Å². The first-order chi connectivity index (χ1) is 25.8. The Bertz CT molecular complexity index is 2020. The number of halogens is 1. The summed E-state index contributed by atoms with van der Waals surface area (Å²) in [7, 11) is -8.37. The summed E-state index contributed by atoms with van der Waals surface area (Å²) in [4.78, 5) is 26.3. The van der Waals surface area contributed by atoms with Gasteiger partial charge in [0, 0.05) is 6.07 Å². The highest BCUT2D eigenvalue weighted by atomic mass is 35.5. The average Bonchev–Trinajstić information content (AvgIpc) is 3.44. The van der Waals surface area contributed by atoms with Gasteiger partial charge in [-0.1, -0.05) is 114 Å². The highest BCUT2D eigenvalue weighted by Crippen LogP contribution is 2.30. The number of azo groups is 1. The van der Waals surface area contributed by atoms with E-state index in [1.807, 2.05) is 0 Å². The molecule has 2 amide bonds. The quantitative estimate of drug-likeness (QED) is 0.0540. The average molecular weight is 802 g/mol. The molecule has 0 saturated carbocycles. The van der Waals surface area contributed by atoms with Gasteiger partial charge in [-0.05, 0) is 55.0 Å². The molecule has 1 aliphatic rings. The number of aromatic hydroxyl groups is 1. The molecule has 0 saturated heterocycles. The minimum Gasteiger partial charge on any atom is -0.508 e.